The molecule has 1 aliphatic heterocycles. The highest BCUT2D eigenvalue weighted by atomic mass is 16.5. The highest BCUT2D eigenvalue weighted by Gasteiger charge is 2.38. The number of rotatable bonds is 4. The van der Waals surface area contributed by atoms with E-state index in [4.69, 9.17) is 15.2 Å². The summed E-state index contributed by atoms with van der Waals surface area (Å²) in [5, 5.41) is 0. The van der Waals surface area contributed by atoms with Gasteiger partial charge in [0.1, 0.15) is 11.3 Å². The molecule has 0 spiro atoms. The zero-order chi connectivity index (χ0) is 13.2. The third-order valence-corrected chi connectivity index (χ3v) is 2.85. The van der Waals surface area contributed by atoms with Gasteiger partial charge in [-0.15, -0.1) is 0 Å². The molecule has 0 aliphatic carbocycles. The Kier molecular flexibility index (Phi) is 3.63. The zero-order valence-electron chi connectivity index (χ0n) is 10.7. The fraction of sp³-hybridized carbons (Fsp3) is 0.538. The normalized spacial score (nSPS) is 23.3. The third-order valence-electron chi connectivity index (χ3n) is 2.85. The van der Waals surface area contributed by atoms with E-state index < -0.39 is 5.54 Å². The lowest BCUT2D eigenvalue weighted by atomic mass is 9.90. The first-order valence-corrected chi connectivity index (χ1v) is 6.04. The minimum Gasteiger partial charge on any atom is -0.489 e. The summed E-state index contributed by atoms with van der Waals surface area (Å²) in [6, 6.07) is 1.68. The predicted molar refractivity (Wildman–Crippen MR) is 66.7 cm³/mol. The summed E-state index contributed by atoms with van der Waals surface area (Å²) in [6.07, 6.45) is 3.69. The Morgan fingerprint density at radius 3 is 2.94 bits per heavy atom. The summed E-state index contributed by atoms with van der Waals surface area (Å²) in [5.41, 5.74) is 5.60. The molecular weight excluding hydrogens is 232 g/mol. The molecule has 5 heteroatoms. The van der Waals surface area contributed by atoms with Gasteiger partial charge in [0.2, 0.25) is 0 Å². The smallest absolute Gasteiger partial charge is 0.186 e. The average molecular weight is 250 g/mol. The van der Waals surface area contributed by atoms with Crippen LogP contribution in [0.25, 0.3) is 0 Å². The average Bonchev–Trinajstić information content (AvgIpc) is 2.76. The zero-order valence-corrected chi connectivity index (χ0v) is 10.7. The van der Waals surface area contributed by atoms with Crippen molar-refractivity contribution in [2.24, 2.45) is 5.73 Å². The molecule has 0 aromatic carbocycles. The summed E-state index contributed by atoms with van der Waals surface area (Å²) in [5.74, 6) is 0.445. The second kappa shape index (κ2) is 5.04. The van der Waals surface area contributed by atoms with Crippen molar-refractivity contribution in [1.29, 1.82) is 0 Å². The largest absolute Gasteiger partial charge is 0.489 e. The Hall–Kier alpha value is -1.46. The molecule has 1 fully saturated rings. The van der Waals surface area contributed by atoms with Crippen LogP contribution in [0.1, 0.15) is 30.6 Å². The number of ether oxygens (including phenoxy) is 2. The quantitative estimate of drug-likeness (QED) is 0.812. The van der Waals surface area contributed by atoms with Gasteiger partial charge < -0.3 is 15.2 Å². The van der Waals surface area contributed by atoms with Crippen molar-refractivity contribution in [3.8, 4) is 5.75 Å². The van der Waals surface area contributed by atoms with Crippen molar-refractivity contribution in [1.82, 2.24) is 4.98 Å². The minimum atomic E-state index is -0.919. The highest BCUT2D eigenvalue weighted by molar-refractivity contribution is 6.03. The molecule has 1 aromatic heterocycles. The van der Waals surface area contributed by atoms with Crippen LogP contribution in [0.4, 0.5) is 0 Å². The van der Waals surface area contributed by atoms with Crippen LogP contribution in [0.3, 0.4) is 0 Å². The number of carbonyl (C=O) groups is 1. The van der Waals surface area contributed by atoms with E-state index in [2.05, 4.69) is 4.98 Å². The fourth-order valence-electron chi connectivity index (χ4n) is 1.93. The maximum atomic E-state index is 12.3. The molecule has 18 heavy (non-hydrogen) atoms. The van der Waals surface area contributed by atoms with E-state index in [9.17, 15) is 4.79 Å². The van der Waals surface area contributed by atoms with E-state index in [0.29, 0.717) is 24.3 Å². The molecule has 1 saturated heterocycles. The van der Waals surface area contributed by atoms with Crippen molar-refractivity contribution in [3.05, 3.63) is 24.0 Å². The lowest BCUT2D eigenvalue weighted by Crippen LogP contribution is -2.48. The number of hydrogen-bond donors (Lipinski definition) is 1. The number of Topliss-reactive ketones (excluding diaryl/α,β-unsaturated/α-hetero) is 1. The van der Waals surface area contributed by atoms with Gasteiger partial charge in [0.25, 0.3) is 0 Å². The fourth-order valence-corrected chi connectivity index (χ4v) is 1.93. The van der Waals surface area contributed by atoms with Gasteiger partial charge in [-0.3, -0.25) is 9.78 Å². The minimum absolute atomic E-state index is 0.0406. The number of nitrogens with two attached hydrogens (primary N) is 1. The molecule has 0 amide bonds. The van der Waals surface area contributed by atoms with Gasteiger partial charge in [-0.2, -0.15) is 0 Å². The SMILES string of the molecule is CC(C)Oc1cncc(C(=O)C2(N)CCOC2)c1. The van der Waals surface area contributed by atoms with E-state index in [0.717, 1.165) is 0 Å². The van der Waals surface area contributed by atoms with Gasteiger partial charge >= 0.3 is 0 Å². The van der Waals surface area contributed by atoms with Crippen molar-refractivity contribution in [2.45, 2.75) is 31.9 Å². The van der Waals surface area contributed by atoms with Crippen LogP contribution in [-0.2, 0) is 4.74 Å². The van der Waals surface area contributed by atoms with Gasteiger partial charge in [-0.1, -0.05) is 0 Å². The van der Waals surface area contributed by atoms with Crippen LogP contribution < -0.4 is 10.5 Å². The van der Waals surface area contributed by atoms with Crippen molar-refractivity contribution < 1.29 is 14.3 Å². The van der Waals surface area contributed by atoms with Crippen molar-refractivity contribution in [2.75, 3.05) is 13.2 Å². The second-order valence-electron chi connectivity index (χ2n) is 4.86. The van der Waals surface area contributed by atoms with Gasteiger partial charge in [0.05, 0.1) is 18.9 Å². The van der Waals surface area contributed by atoms with Gasteiger partial charge in [0.15, 0.2) is 5.78 Å². The topological polar surface area (TPSA) is 74.4 Å². The first-order chi connectivity index (χ1) is 8.51. The van der Waals surface area contributed by atoms with Crippen molar-refractivity contribution in [3.63, 3.8) is 0 Å². The molecule has 2 rings (SSSR count). The summed E-state index contributed by atoms with van der Waals surface area (Å²) in [4.78, 5) is 16.3. The Bertz CT molecular complexity index is 440. The van der Waals surface area contributed by atoms with Gasteiger partial charge in [-0.05, 0) is 26.3 Å². The number of hydrogen-bond acceptors (Lipinski definition) is 5. The molecule has 1 aromatic rings. The predicted octanol–water partition coefficient (Wildman–Crippen LogP) is 1.17. The van der Waals surface area contributed by atoms with E-state index in [1.165, 1.54) is 6.20 Å². The number of ketones is 1. The Morgan fingerprint density at radius 1 is 1.56 bits per heavy atom. The van der Waals surface area contributed by atoms with E-state index in [1.54, 1.807) is 12.3 Å². The van der Waals surface area contributed by atoms with E-state index >= 15 is 0 Å². The molecule has 2 heterocycles. The Morgan fingerprint density at radius 2 is 2.33 bits per heavy atom. The summed E-state index contributed by atoms with van der Waals surface area (Å²) in [6.45, 7) is 4.63. The number of carbonyl (C=O) groups excluding carboxylic acids is 1. The highest BCUT2D eigenvalue weighted by Crippen LogP contribution is 2.22. The number of aromatic nitrogens is 1. The Labute approximate surface area is 106 Å². The van der Waals surface area contributed by atoms with Gasteiger partial charge in [-0.25, -0.2) is 0 Å². The lowest BCUT2D eigenvalue weighted by Gasteiger charge is -2.20. The molecule has 0 saturated carbocycles. The maximum absolute atomic E-state index is 12.3. The van der Waals surface area contributed by atoms with Crippen molar-refractivity contribution >= 4 is 5.78 Å². The van der Waals surface area contributed by atoms with Crippen LogP contribution in [0, 0.1) is 0 Å². The van der Waals surface area contributed by atoms with Crippen LogP contribution in [-0.4, -0.2) is 35.6 Å². The third kappa shape index (κ3) is 2.68. The van der Waals surface area contributed by atoms with Crippen LogP contribution in [0.15, 0.2) is 18.5 Å². The summed E-state index contributed by atoms with van der Waals surface area (Å²) >= 11 is 0. The summed E-state index contributed by atoms with van der Waals surface area (Å²) in [7, 11) is 0. The van der Waals surface area contributed by atoms with Crippen LogP contribution in [0.5, 0.6) is 5.75 Å². The standard InChI is InChI=1S/C13H18N2O3/c1-9(2)18-11-5-10(6-15-7-11)12(16)13(14)3-4-17-8-13/h5-7,9H,3-4,8,14H2,1-2H3. The molecule has 0 bridgehead atoms. The number of nitrogens with zero attached hydrogens (tertiary/aromatic N) is 1. The first kappa shape index (κ1) is 13.0. The van der Waals surface area contributed by atoms with Crippen LogP contribution in [0.2, 0.25) is 0 Å². The molecule has 98 valence electrons. The molecular formula is C13H18N2O3. The summed E-state index contributed by atoms with van der Waals surface area (Å²) < 4.78 is 10.7. The Balaban J connectivity index is 2.20. The molecule has 1 atom stereocenters. The first-order valence-electron chi connectivity index (χ1n) is 6.04. The number of pyridine rings is 1. The molecule has 1 unspecified atom stereocenters. The molecule has 5 nitrogen and oxygen atoms in total. The van der Waals surface area contributed by atoms with Gasteiger partial charge in [0, 0.05) is 18.4 Å². The molecule has 1 aliphatic rings. The second-order valence-corrected chi connectivity index (χ2v) is 4.86. The lowest BCUT2D eigenvalue weighted by molar-refractivity contribution is 0.0862. The van der Waals surface area contributed by atoms with Crippen LogP contribution >= 0.6 is 0 Å². The van der Waals surface area contributed by atoms with E-state index in [-0.39, 0.29) is 18.5 Å². The monoisotopic (exact) mass is 250 g/mol. The molecule has 0 radical (unpaired) electrons. The maximum Gasteiger partial charge on any atom is 0.186 e. The van der Waals surface area contributed by atoms with E-state index in [1.807, 2.05) is 13.8 Å². The molecule has 2 N–H and O–H groups in total.